The van der Waals surface area contributed by atoms with Crippen LogP contribution in [0.3, 0.4) is 0 Å². The molecule has 0 aromatic heterocycles. The Hall–Kier alpha value is -1.03. The molecule has 0 radical (unpaired) electrons. The van der Waals surface area contributed by atoms with Crippen molar-refractivity contribution in [2.24, 2.45) is 16.3 Å². The maximum atomic E-state index is 12.6. The molecule has 1 heterocycles. The molecule has 2 rings (SSSR count). The highest BCUT2D eigenvalue weighted by atomic mass is 32.2. The molecule has 158 valence electrons. The Kier molecular flexibility index (Phi) is 7.40. The summed E-state index contributed by atoms with van der Waals surface area (Å²) in [5.41, 5.74) is -4.97. The van der Waals surface area contributed by atoms with Crippen molar-refractivity contribution in [2.45, 2.75) is 57.9 Å². The predicted molar refractivity (Wildman–Crippen MR) is 99.8 cm³/mol. The minimum absolute atomic E-state index is 0.0973. The van der Waals surface area contributed by atoms with Crippen molar-refractivity contribution in [1.82, 2.24) is 14.9 Å². The van der Waals surface area contributed by atoms with Crippen LogP contribution in [0.25, 0.3) is 0 Å². The third-order valence-corrected chi connectivity index (χ3v) is 7.17. The Balaban J connectivity index is 1.83. The van der Waals surface area contributed by atoms with Gasteiger partial charge in [0, 0.05) is 32.7 Å². The molecule has 6 nitrogen and oxygen atoms in total. The number of sulfonamides is 1. The number of aliphatic imine (C=N–C) groups is 1. The number of piperidine rings is 1. The number of guanidine groups is 1. The van der Waals surface area contributed by atoms with Crippen LogP contribution in [0.4, 0.5) is 13.2 Å². The highest BCUT2D eigenvalue weighted by molar-refractivity contribution is 7.90. The molecule has 0 bridgehead atoms. The number of alkyl halides is 3. The van der Waals surface area contributed by atoms with E-state index in [1.165, 1.54) is 25.7 Å². The molecule has 0 spiro atoms. The van der Waals surface area contributed by atoms with E-state index in [-0.39, 0.29) is 24.4 Å². The number of halogens is 3. The predicted octanol–water partition coefficient (Wildman–Crippen LogP) is 2.68. The van der Waals surface area contributed by atoms with Gasteiger partial charge in [0.15, 0.2) is 5.96 Å². The summed E-state index contributed by atoms with van der Waals surface area (Å²) in [5, 5.41) is 6.46. The molecule has 10 heteroatoms. The summed E-state index contributed by atoms with van der Waals surface area (Å²) in [4.78, 5) is 4.68. The van der Waals surface area contributed by atoms with Crippen LogP contribution in [0.1, 0.15) is 52.4 Å². The van der Waals surface area contributed by atoms with Gasteiger partial charge in [-0.3, -0.25) is 4.99 Å². The van der Waals surface area contributed by atoms with Crippen LogP contribution < -0.4 is 10.6 Å². The Morgan fingerprint density at radius 1 is 1.19 bits per heavy atom. The zero-order chi connectivity index (χ0) is 20.1. The summed E-state index contributed by atoms with van der Waals surface area (Å²) < 4.78 is 61.4. The van der Waals surface area contributed by atoms with E-state index >= 15 is 0 Å². The third-order valence-electron chi connectivity index (χ3n) is 5.54. The van der Waals surface area contributed by atoms with Crippen molar-refractivity contribution in [3.05, 3.63) is 0 Å². The van der Waals surface area contributed by atoms with Gasteiger partial charge in [0.2, 0.25) is 0 Å². The van der Waals surface area contributed by atoms with Gasteiger partial charge in [-0.1, -0.05) is 19.8 Å². The van der Waals surface area contributed by atoms with Gasteiger partial charge in [-0.25, -0.2) is 8.42 Å². The molecule has 0 unspecified atom stereocenters. The summed E-state index contributed by atoms with van der Waals surface area (Å²) in [5.74, 6) is 0.839. The minimum atomic E-state index is -5.22. The molecule has 1 saturated carbocycles. The molecular weight excluding hydrogens is 381 g/mol. The van der Waals surface area contributed by atoms with Crippen LogP contribution in [0.2, 0.25) is 0 Å². The second-order valence-corrected chi connectivity index (χ2v) is 9.82. The Morgan fingerprint density at radius 3 is 2.30 bits per heavy atom. The van der Waals surface area contributed by atoms with Crippen LogP contribution in [0.15, 0.2) is 4.99 Å². The summed E-state index contributed by atoms with van der Waals surface area (Å²) in [6.07, 6.45) is 5.66. The molecule has 0 atom stereocenters. The molecule has 0 aromatic carbocycles. The zero-order valence-corrected chi connectivity index (χ0v) is 16.9. The lowest BCUT2D eigenvalue weighted by atomic mass is 9.89. The molecule has 0 aromatic rings. The van der Waals surface area contributed by atoms with E-state index < -0.39 is 15.5 Å². The minimum Gasteiger partial charge on any atom is -0.357 e. The van der Waals surface area contributed by atoms with E-state index in [9.17, 15) is 21.6 Å². The lowest BCUT2D eigenvalue weighted by Crippen LogP contribution is -2.47. The molecule has 0 amide bonds. The summed E-state index contributed by atoms with van der Waals surface area (Å²) >= 11 is 0. The smallest absolute Gasteiger partial charge is 0.357 e. The topological polar surface area (TPSA) is 73.8 Å². The molecule has 2 aliphatic rings. The van der Waals surface area contributed by atoms with Crippen molar-refractivity contribution in [1.29, 1.82) is 0 Å². The zero-order valence-electron chi connectivity index (χ0n) is 16.1. The highest BCUT2D eigenvalue weighted by Crippen LogP contribution is 2.37. The van der Waals surface area contributed by atoms with Gasteiger partial charge in [-0.2, -0.15) is 17.5 Å². The monoisotopic (exact) mass is 412 g/mol. The molecule has 1 aliphatic heterocycles. The van der Waals surface area contributed by atoms with Gasteiger partial charge in [0.25, 0.3) is 0 Å². The number of hydrogen-bond acceptors (Lipinski definition) is 3. The van der Waals surface area contributed by atoms with Gasteiger partial charge < -0.3 is 10.6 Å². The van der Waals surface area contributed by atoms with E-state index in [4.69, 9.17) is 0 Å². The molecule has 1 aliphatic carbocycles. The van der Waals surface area contributed by atoms with Crippen molar-refractivity contribution >= 4 is 16.0 Å². The van der Waals surface area contributed by atoms with Crippen molar-refractivity contribution in [3.63, 3.8) is 0 Å². The molecule has 27 heavy (non-hydrogen) atoms. The van der Waals surface area contributed by atoms with Gasteiger partial charge in [0.1, 0.15) is 0 Å². The van der Waals surface area contributed by atoms with E-state index in [1.807, 2.05) is 6.92 Å². The average Bonchev–Trinajstić information content (AvgIpc) is 3.04. The van der Waals surface area contributed by atoms with Crippen LogP contribution in [0, 0.1) is 11.3 Å². The van der Waals surface area contributed by atoms with Crippen LogP contribution in [-0.4, -0.2) is 56.9 Å². The molecule has 2 N–H and O–H groups in total. The normalized spacial score (nSPS) is 22.8. The summed E-state index contributed by atoms with van der Waals surface area (Å²) in [7, 11) is -5.21. The third kappa shape index (κ3) is 5.97. The van der Waals surface area contributed by atoms with Crippen molar-refractivity contribution < 1.29 is 21.6 Å². The maximum Gasteiger partial charge on any atom is 0.511 e. The number of rotatable bonds is 6. The fourth-order valence-electron chi connectivity index (χ4n) is 3.74. The van der Waals surface area contributed by atoms with Gasteiger partial charge in [-0.05, 0) is 43.9 Å². The summed E-state index contributed by atoms with van der Waals surface area (Å²) in [6.45, 7) is 6.09. The van der Waals surface area contributed by atoms with E-state index in [2.05, 4.69) is 22.5 Å². The summed E-state index contributed by atoms with van der Waals surface area (Å²) in [6, 6.07) is 0. The molecule has 1 saturated heterocycles. The van der Waals surface area contributed by atoms with Crippen molar-refractivity contribution in [3.8, 4) is 0 Å². The molecule has 2 fully saturated rings. The first-order valence-corrected chi connectivity index (χ1v) is 11.1. The second-order valence-electron chi connectivity index (χ2n) is 7.89. The standard InChI is InChI=1S/C17H31F3N4O2S/c1-3-21-15(23-13-16(2)8-4-5-9-16)22-12-14-6-10-24(11-7-14)27(25,26)17(18,19)20/h14H,3-13H2,1-2H3,(H2,21,22,23). The van der Waals surface area contributed by atoms with Crippen LogP contribution >= 0.6 is 0 Å². The molecular formula is C17H31F3N4O2S. The number of hydrogen-bond donors (Lipinski definition) is 2. The SMILES string of the molecule is CCNC(=NCC1(C)CCCC1)NCC1CCN(S(=O)(=O)C(F)(F)F)CC1. The number of nitrogens with zero attached hydrogens (tertiary/aromatic N) is 2. The second kappa shape index (κ2) is 8.98. The first kappa shape index (κ1) is 22.3. The lowest BCUT2D eigenvalue weighted by molar-refractivity contribution is -0.0496. The largest absolute Gasteiger partial charge is 0.511 e. The van der Waals surface area contributed by atoms with Crippen molar-refractivity contribution in [2.75, 3.05) is 32.7 Å². The fraction of sp³-hybridized carbons (Fsp3) is 0.941. The quantitative estimate of drug-likeness (QED) is 0.520. The first-order chi connectivity index (χ1) is 12.6. The Labute approximate surface area is 160 Å². The first-order valence-electron chi connectivity index (χ1n) is 9.66. The lowest BCUT2D eigenvalue weighted by Gasteiger charge is -2.31. The highest BCUT2D eigenvalue weighted by Gasteiger charge is 2.50. The van der Waals surface area contributed by atoms with E-state index in [1.54, 1.807) is 0 Å². The van der Waals surface area contributed by atoms with Crippen LogP contribution in [-0.2, 0) is 10.0 Å². The van der Waals surface area contributed by atoms with Gasteiger partial charge in [-0.15, -0.1) is 0 Å². The Bertz CT molecular complexity index is 608. The fourth-order valence-corrected chi connectivity index (χ4v) is 4.72. The Morgan fingerprint density at radius 2 is 1.78 bits per heavy atom. The van der Waals surface area contributed by atoms with Gasteiger partial charge >= 0.3 is 15.5 Å². The van der Waals surface area contributed by atoms with E-state index in [0.717, 1.165) is 19.0 Å². The van der Waals surface area contributed by atoms with E-state index in [0.29, 0.717) is 23.7 Å². The average molecular weight is 413 g/mol. The van der Waals surface area contributed by atoms with Crippen LogP contribution in [0.5, 0.6) is 0 Å². The maximum absolute atomic E-state index is 12.6. The number of nitrogens with one attached hydrogen (secondary N) is 2. The van der Waals surface area contributed by atoms with Gasteiger partial charge in [0.05, 0.1) is 0 Å².